The first-order valence-corrected chi connectivity index (χ1v) is 9.08. The third-order valence-corrected chi connectivity index (χ3v) is 6.89. The van der Waals surface area contributed by atoms with Crippen LogP contribution in [0, 0.1) is 0 Å². The molecule has 0 aromatic carbocycles. The zero-order valence-electron chi connectivity index (χ0n) is 11.2. The van der Waals surface area contributed by atoms with Gasteiger partial charge in [-0.2, -0.15) is 0 Å². The summed E-state index contributed by atoms with van der Waals surface area (Å²) < 4.78 is 1.91. The second-order valence-corrected chi connectivity index (χ2v) is 8.25. The number of rotatable bonds is 4. The molecule has 2 bridgehead atoms. The predicted molar refractivity (Wildman–Crippen MR) is 86.1 cm³/mol. The minimum Gasteiger partial charge on any atom is -0.311 e. The van der Waals surface area contributed by atoms with Gasteiger partial charge < -0.3 is 5.32 Å². The highest BCUT2D eigenvalue weighted by molar-refractivity contribution is 9.10. The van der Waals surface area contributed by atoms with E-state index in [4.69, 9.17) is 11.6 Å². The first-order valence-electron chi connectivity index (χ1n) is 7.09. The lowest BCUT2D eigenvalue weighted by atomic mass is 9.98. The summed E-state index contributed by atoms with van der Waals surface area (Å²) in [5.74, 6) is 0. The van der Waals surface area contributed by atoms with Crippen LogP contribution in [-0.4, -0.2) is 29.6 Å². The zero-order chi connectivity index (χ0) is 13.4. The molecule has 19 heavy (non-hydrogen) atoms. The molecule has 0 radical (unpaired) electrons. The van der Waals surface area contributed by atoms with Crippen LogP contribution in [0.2, 0.25) is 4.34 Å². The van der Waals surface area contributed by atoms with E-state index in [-0.39, 0.29) is 0 Å². The number of fused-ring (bicyclic) bond motifs is 2. The van der Waals surface area contributed by atoms with Crippen molar-refractivity contribution in [1.29, 1.82) is 0 Å². The average molecular weight is 364 g/mol. The van der Waals surface area contributed by atoms with Gasteiger partial charge in [-0.05, 0) is 54.2 Å². The lowest BCUT2D eigenvalue weighted by Gasteiger charge is -2.37. The maximum Gasteiger partial charge on any atom is 0.107 e. The second-order valence-electron chi connectivity index (χ2n) is 5.66. The van der Waals surface area contributed by atoms with Gasteiger partial charge in [0.15, 0.2) is 0 Å². The van der Waals surface area contributed by atoms with Crippen molar-refractivity contribution in [3.05, 3.63) is 19.8 Å². The summed E-state index contributed by atoms with van der Waals surface area (Å²) in [5, 5.41) is 3.72. The third kappa shape index (κ3) is 3.18. The van der Waals surface area contributed by atoms with Gasteiger partial charge >= 0.3 is 0 Å². The number of halogens is 2. The van der Waals surface area contributed by atoms with Crippen molar-refractivity contribution in [3.8, 4) is 0 Å². The molecule has 1 aromatic heterocycles. The molecule has 2 fully saturated rings. The quantitative estimate of drug-likeness (QED) is 0.859. The summed E-state index contributed by atoms with van der Waals surface area (Å²) in [5.41, 5.74) is 0. The van der Waals surface area contributed by atoms with Crippen LogP contribution in [0.4, 0.5) is 0 Å². The van der Waals surface area contributed by atoms with Gasteiger partial charge in [-0.3, -0.25) is 4.90 Å². The number of piperidine rings is 1. The number of thiophene rings is 1. The number of hydrogen-bond acceptors (Lipinski definition) is 3. The molecule has 5 heteroatoms. The number of nitrogens with zero attached hydrogens (tertiary/aromatic N) is 1. The Morgan fingerprint density at radius 2 is 2.11 bits per heavy atom. The van der Waals surface area contributed by atoms with Gasteiger partial charge in [-0.15, -0.1) is 11.3 Å². The van der Waals surface area contributed by atoms with E-state index in [1.165, 1.54) is 30.6 Å². The maximum absolute atomic E-state index is 6.14. The van der Waals surface area contributed by atoms with Crippen molar-refractivity contribution < 1.29 is 0 Å². The fourth-order valence-corrected chi connectivity index (χ4v) is 5.31. The third-order valence-electron chi connectivity index (χ3n) is 4.43. The summed E-state index contributed by atoms with van der Waals surface area (Å²) in [6.07, 6.45) is 5.36. The Bertz CT molecular complexity index is 419. The molecule has 0 amide bonds. The van der Waals surface area contributed by atoms with Gasteiger partial charge in [-0.25, -0.2) is 0 Å². The van der Waals surface area contributed by atoms with E-state index in [9.17, 15) is 0 Å². The van der Waals surface area contributed by atoms with E-state index in [0.717, 1.165) is 40.0 Å². The average Bonchev–Trinajstić information content (AvgIpc) is 2.89. The molecule has 2 unspecified atom stereocenters. The molecule has 106 valence electrons. The predicted octanol–water partition coefficient (Wildman–Crippen LogP) is 4.27. The van der Waals surface area contributed by atoms with Gasteiger partial charge in [0.1, 0.15) is 4.34 Å². The van der Waals surface area contributed by atoms with Gasteiger partial charge in [0, 0.05) is 34.0 Å². The normalized spacial score (nSPS) is 30.2. The summed E-state index contributed by atoms with van der Waals surface area (Å²) >= 11 is 11.3. The Hall–Kier alpha value is 0.390. The number of nitrogens with one attached hydrogen (secondary N) is 1. The zero-order valence-corrected chi connectivity index (χ0v) is 14.3. The monoisotopic (exact) mass is 362 g/mol. The highest BCUT2D eigenvalue weighted by Crippen LogP contribution is 2.35. The molecular weight excluding hydrogens is 344 g/mol. The smallest absolute Gasteiger partial charge is 0.107 e. The largest absolute Gasteiger partial charge is 0.311 e. The molecule has 1 N–H and O–H groups in total. The molecule has 2 atom stereocenters. The standard InChI is InChI=1S/C14H20BrClN2S/c1-2-18(8-12-7-13(15)14(16)19-12)11-5-9-3-4-10(6-11)17-9/h7,9-11,17H,2-6,8H2,1H3. The molecular formula is C14H20BrClN2S. The Morgan fingerprint density at radius 1 is 1.42 bits per heavy atom. The highest BCUT2D eigenvalue weighted by atomic mass is 79.9. The molecule has 3 heterocycles. The maximum atomic E-state index is 6.14. The summed E-state index contributed by atoms with van der Waals surface area (Å²) in [6, 6.07) is 4.43. The van der Waals surface area contributed by atoms with Gasteiger partial charge in [0.25, 0.3) is 0 Å². The van der Waals surface area contributed by atoms with Crippen molar-refractivity contribution in [2.45, 2.75) is 57.3 Å². The van der Waals surface area contributed by atoms with Crippen LogP contribution < -0.4 is 5.32 Å². The molecule has 3 rings (SSSR count). The first-order chi connectivity index (χ1) is 9.15. The Balaban J connectivity index is 1.67. The van der Waals surface area contributed by atoms with Crippen LogP contribution in [0.15, 0.2) is 10.5 Å². The number of hydrogen-bond donors (Lipinski definition) is 1. The fraction of sp³-hybridized carbons (Fsp3) is 0.714. The van der Waals surface area contributed by atoms with E-state index in [1.54, 1.807) is 11.3 Å². The van der Waals surface area contributed by atoms with Gasteiger partial charge in [-0.1, -0.05) is 18.5 Å². The minimum absolute atomic E-state index is 0.739. The van der Waals surface area contributed by atoms with E-state index < -0.39 is 0 Å². The van der Waals surface area contributed by atoms with Crippen LogP contribution in [0.5, 0.6) is 0 Å². The van der Waals surface area contributed by atoms with Crippen molar-refractivity contribution in [3.63, 3.8) is 0 Å². The van der Waals surface area contributed by atoms with E-state index >= 15 is 0 Å². The lowest BCUT2D eigenvalue weighted by Crippen LogP contribution is -2.47. The summed E-state index contributed by atoms with van der Waals surface area (Å²) in [4.78, 5) is 3.99. The van der Waals surface area contributed by atoms with Crippen LogP contribution in [0.1, 0.15) is 37.5 Å². The van der Waals surface area contributed by atoms with Crippen LogP contribution in [0.3, 0.4) is 0 Å². The van der Waals surface area contributed by atoms with E-state index in [2.05, 4.69) is 39.1 Å². The van der Waals surface area contributed by atoms with Crippen molar-refractivity contribution in [2.75, 3.05) is 6.54 Å². The van der Waals surface area contributed by atoms with Crippen molar-refractivity contribution >= 4 is 38.9 Å². The van der Waals surface area contributed by atoms with Crippen LogP contribution in [-0.2, 0) is 6.54 Å². The summed E-state index contributed by atoms with van der Waals surface area (Å²) in [6.45, 7) is 4.43. The molecule has 2 nitrogen and oxygen atoms in total. The lowest BCUT2D eigenvalue weighted by molar-refractivity contribution is 0.142. The van der Waals surface area contributed by atoms with Crippen molar-refractivity contribution in [2.24, 2.45) is 0 Å². The molecule has 2 aliphatic rings. The van der Waals surface area contributed by atoms with E-state index in [1.807, 2.05) is 0 Å². The molecule has 2 aliphatic heterocycles. The first kappa shape index (κ1) is 14.3. The Kier molecular flexibility index (Phi) is 4.54. The second kappa shape index (κ2) is 6.02. The Labute approximate surface area is 132 Å². The fourth-order valence-electron chi connectivity index (χ4n) is 3.49. The highest BCUT2D eigenvalue weighted by Gasteiger charge is 2.35. The Morgan fingerprint density at radius 3 is 2.63 bits per heavy atom. The molecule has 0 spiro atoms. The van der Waals surface area contributed by atoms with Gasteiger partial charge in [0.2, 0.25) is 0 Å². The molecule has 0 saturated carbocycles. The van der Waals surface area contributed by atoms with Gasteiger partial charge in [0.05, 0.1) is 0 Å². The molecule has 0 aliphatic carbocycles. The van der Waals surface area contributed by atoms with E-state index in [0.29, 0.717) is 0 Å². The van der Waals surface area contributed by atoms with Crippen LogP contribution in [0.25, 0.3) is 0 Å². The molecule has 1 aromatic rings. The minimum atomic E-state index is 0.739. The van der Waals surface area contributed by atoms with Crippen molar-refractivity contribution in [1.82, 2.24) is 10.2 Å². The topological polar surface area (TPSA) is 15.3 Å². The molecule has 2 saturated heterocycles. The summed E-state index contributed by atoms with van der Waals surface area (Å²) in [7, 11) is 0. The van der Waals surface area contributed by atoms with Crippen LogP contribution >= 0.6 is 38.9 Å². The SMILES string of the molecule is CCN(Cc1cc(Br)c(Cl)s1)C1CC2CCC(C1)N2.